The van der Waals surface area contributed by atoms with Gasteiger partial charge in [0.1, 0.15) is 11.0 Å². The van der Waals surface area contributed by atoms with E-state index in [2.05, 4.69) is 10.3 Å². The highest BCUT2D eigenvalue weighted by Crippen LogP contribution is 2.28. The molecule has 0 unspecified atom stereocenters. The molecule has 1 aromatic heterocycles. The molecule has 0 saturated carbocycles. The minimum absolute atomic E-state index is 0.276. The van der Waals surface area contributed by atoms with Gasteiger partial charge in [-0.15, -0.1) is 0 Å². The Labute approximate surface area is 118 Å². The molecule has 0 saturated heterocycles. The number of ether oxygens (including phenoxy) is 1. The lowest BCUT2D eigenvalue weighted by Crippen LogP contribution is -2.32. The third kappa shape index (κ3) is 3.94. The van der Waals surface area contributed by atoms with Crippen molar-refractivity contribution in [2.24, 2.45) is 0 Å². The van der Waals surface area contributed by atoms with E-state index in [4.69, 9.17) is 4.74 Å². The lowest BCUT2D eigenvalue weighted by atomic mass is 9.88. The number of nitrogens with zero attached hydrogens (tertiary/aromatic N) is 1. The Balaban J connectivity index is 3.03. The van der Waals surface area contributed by atoms with Crippen LogP contribution in [0.5, 0.6) is 0 Å². The van der Waals surface area contributed by atoms with Gasteiger partial charge in [-0.3, -0.25) is 15.1 Å². The molecule has 0 aliphatic carbocycles. The molecule has 0 fully saturated rings. The Morgan fingerprint density at radius 3 is 2.35 bits per heavy atom. The topological polar surface area (TPSA) is 88.5 Å². The molecule has 2 N–H and O–H groups in total. The van der Waals surface area contributed by atoms with E-state index in [0.29, 0.717) is 5.69 Å². The summed E-state index contributed by atoms with van der Waals surface area (Å²) in [5.41, 5.74) is -1.24. The molecular formula is C14H20N2O4. The van der Waals surface area contributed by atoms with Gasteiger partial charge in [-0.2, -0.15) is 0 Å². The summed E-state index contributed by atoms with van der Waals surface area (Å²) < 4.78 is 5.14. The van der Waals surface area contributed by atoms with Crippen molar-refractivity contribution in [3.63, 3.8) is 0 Å². The summed E-state index contributed by atoms with van der Waals surface area (Å²) in [6.07, 6.45) is 0.841. The third-order valence-electron chi connectivity index (χ3n) is 2.57. The number of rotatable bonds is 3. The summed E-state index contributed by atoms with van der Waals surface area (Å²) in [5, 5.41) is 11.8. The predicted octanol–water partition coefficient (Wildman–Crippen LogP) is 2.79. The maximum Gasteiger partial charge on any atom is 0.412 e. The number of hydrogen-bond donors (Lipinski definition) is 2. The van der Waals surface area contributed by atoms with Crippen LogP contribution in [0, 0.1) is 0 Å². The van der Waals surface area contributed by atoms with Crippen LogP contribution in [-0.4, -0.2) is 27.8 Å². The molecule has 6 nitrogen and oxygen atoms in total. The average molecular weight is 280 g/mol. The monoisotopic (exact) mass is 280 g/mol. The van der Waals surface area contributed by atoms with Gasteiger partial charge < -0.3 is 9.84 Å². The van der Waals surface area contributed by atoms with Crippen LogP contribution in [0.25, 0.3) is 0 Å². The predicted molar refractivity (Wildman–Crippen MR) is 74.8 cm³/mol. The second-order valence-electron chi connectivity index (χ2n) is 5.96. The molecule has 0 aromatic carbocycles. The zero-order valence-corrected chi connectivity index (χ0v) is 12.4. The molecule has 110 valence electrons. The molecule has 1 amide bonds. The van der Waals surface area contributed by atoms with Crippen molar-refractivity contribution in [3.8, 4) is 0 Å². The van der Waals surface area contributed by atoms with Crippen molar-refractivity contribution in [2.45, 2.75) is 45.6 Å². The molecule has 6 heteroatoms. The van der Waals surface area contributed by atoms with Crippen LogP contribution in [0.4, 0.5) is 10.5 Å². The maximum absolute atomic E-state index is 11.8. The second kappa shape index (κ2) is 5.48. The number of amides is 1. The quantitative estimate of drug-likeness (QED) is 0.888. The number of nitrogens with one attached hydrogen (secondary N) is 1. The van der Waals surface area contributed by atoms with Gasteiger partial charge in [-0.05, 0) is 46.8 Å². The van der Waals surface area contributed by atoms with Crippen molar-refractivity contribution in [1.82, 2.24) is 4.98 Å². The van der Waals surface area contributed by atoms with Gasteiger partial charge in [-0.1, -0.05) is 0 Å². The van der Waals surface area contributed by atoms with E-state index in [-0.39, 0.29) is 5.69 Å². The highest BCUT2D eigenvalue weighted by Gasteiger charge is 2.34. The number of carbonyl (C=O) groups is 2. The summed E-state index contributed by atoms with van der Waals surface area (Å²) in [6.45, 7) is 8.30. The number of aromatic nitrogens is 1. The van der Waals surface area contributed by atoms with E-state index in [1.807, 2.05) is 0 Å². The molecule has 0 bridgehead atoms. The maximum atomic E-state index is 11.8. The normalized spacial score (nSPS) is 11.8. The zero-order chi connectivity index (χ0) is 15.6. The summed E-state index contributed by atoms with van der Waals surface area (Å²) in [7, 11) is 0. The Bertz CT molecular complexity index is 518. The molecule has 1 heterocycles. The Hall–Kier alpha value is -2.11. The molecule has 0 atom stereocenters. The number of carboxylic acids is 1. The number of carbonyl (C=O) groups excluding carboxylic acids is 1. The van der Waals surface area contributed by atoms with Crippen molar-refractivity contribution in [1.29, 1.82) is 0 Å². The van der Waals surface area contributed by atoms with Crippen molar-refractivity contribution in [2.75, 3.05) is 5.32 Å². The first kappa shape index (κ1) is 15.9. The number of aliphatic carboxylic acids is 1. The third-order valence-corrected chi connectivity index (χ3v) is 2.57. The van der Waals surface area contributed by atoms with Crippen LogP contribution in [0.2, 0.25) is 0 Å². The van der Waals surface area contributed by atoms with Crippen molar-refractivity contribution >= 4 is 17.7 Å². The number of hydrogen-bond acceptors (Lipinski definition) is 4. The van der Waals surface area contributed by atoms with Crippen LogP contribution in [0.3, 0.4) is 0 Å². The lowest BCUT2D eigenvalue weighted by molar-refractivity contribution is -0.142. The van der Waals surface area contributed by atoms with Gasteiger partial charge in [0.2, 0.25) is 0 Å². The molecule has 0 radical (unpaired) electrons. The first-order chi connectivity index (χ1) is 9.04. The van der Waals surface area contributed by atoms with Crippen LogP contribution >= 0.6 is 0 Å². The van der Waals surface area contributed by atoms with Gasteiger partial charge in [-0.25, -0.2) is 4.79 Å². The van der Waals surface area contributed by atoms with Gasteiger partial charge in [0, 0.05) is 6.20 Å². The SMILES string of the molecule is CC(C)(C)OC(=O)Nc1cccnc1C(C)(C)C(=O)O. The fourth-order valence-electron chi connectivity index (χ4n) is 1.52. The van der Waals surface area contributed by atoms with Gasteiger partial charge >= 0.3 is 12.1 Å². The van der Waals surface area contributed by atoms with Crippen molar-refractivity contribution < 1.29 is 19.4 Å². The molecule has 0 aliphatic rings. The molecule has 20 heavy (non-hydrogen) atoms. The van der Waals surface area contributed by atoms with E-state index in [9.17, 15) is 14.7 Å². The summed E-state index contributed by atoms with van der Waals surface area (Å²) in [4.78, 5) is 27.1. The van der Waals surface area contributed by atoms with Crippen LogP contribution < -0.4 is 5.32 Å². The second-order valence-corrected chi connectivity index (χ2v) is 5.96. The van der Waals surface area contributed by atoms with Crippen LogP contribution in [0.1, 0.15) is 40.3 Å². The molecular weight excluding hydrogens is 260 g/mol. The molecule has 0 spiro atoms. The first-order valence-corrected chi connectivity index (χ1v) is 6.23. The highest BCUT2D eigenvalue weighted by molar-refractivity contribution is 5.89. The minimum Gasteiger partial charge on any atom is -0.481 e. The van der Waals surface area contributed by atoms with E-state index in [0.717, 1.165) is 0 Å². The fraction of sp³-hybridized carbons (Fsp3) is 0.500. The minimum atomic E-state index is -1.22. The van der Waals surface area contributed by atoms with Gasteiger partial charge in [0.25, 0.3) is 0 Å². The largest absolute Gasteiger partial charge is 0.481 e. The molecule has 0 aliphatic heterocycles. The smallest absolute Gasteiger partial charge is 0.412 e. The Kier molecular flexibility index (Phi) is 4.37. The lowest BCUT2D eigenvalue weighted by Gasteiger charge is -2.23. The van der Waals surface area contributed by atoms with Crippen molar-refractivity contribution in [3.05, 3.63) is 24.0 Å². The standard InChI is InChI=1S/C14H20N2O4/c1-13(2,3)20-12(19)16-9-7-6-8-15-10(9)14(4,5)11(17)18/h6-8H,1-5H3,(H,16,19)(H,17,18). The Morgan fingerprint density at radius 1 is 1.25 bits per heavy atom. The number of anilines is 1. The summed E-state index contributed by atoms with van der Waals surface area (Å²) in [6, 6.07) is 3.21. The number of carboxylic acid groups (broad SMARTS) is 1. The van der Waals surface area contributed by atoms with E-state index in [1.54, 1.807) is 32.9 Å². The van der Waals surface area contributed by atoms with Gasteiger partial charge in [0.05, 0.1) is 11.4 Å². The van der Waals surface area contributed by atoms with E-state index >= 15 is 0 Å². The van der Waals surface area contributed by atoms with Crippen LogP contribution in [0.15, 0.2) is 18.3 Å². The van der Waals surface area contributed by atoms with E-state index < -0.39 is 23.1 Å². The average Bonchev–Trinajstić information content (AvgIpc) is 2.26. The van der Waals surface area contributed by atoms with E-state index in [1.165, 1.54) is 20.0 Å². The van der Waals surface area contributed by atoms with Gasteiger partial charge in [0.15, 0.2) is 0 Å². The summed E-state index contributed by atoms with van der Waals surface area (Å²) in [5.74, 6) is -1.02. The fourth-order valence-corrected chi connectivity index (χ4v) is 1.52. The summed E-state index contributed by atoms with van der Waals surface area (Å²) >= 11 is 0. The highest BCUT2D eigenvalue weighted by atomic mass is 16.6. The number of pyridine rings is 1. The zero-order valence-electron chi connectivity index (χ0n) is 12.4. The Morgan fingerprint density at radius 2 is 1.85 bits per heavy atom. The molecule has 1 aromatic rings. The first-order valence-electron chi connectivity index (χ1n) is 6.23. The van der Waals surface area contributed by atoms with Crippen LogP contribution in [-0.2, 0) is 14.9 Å². The molecule has 1 rings (SSSR count).